The fraction of sp³-hybridized carbons (Fsp3) is 0.176. The molecule has 0 aliphatic heterocycles. The Balaban J connectivity index is 2.12. The second kappa shape index (κ2) is 5.68. The molecule has 0 saturated carbocycles. The molecule has 0 unspecified atom stereocenters. The van der Waals surface area contributed by atoms with Gasteiger partial charge in [0.15, 0.2) is 0 Å². The Morgan fingerprint density at radius 1 is 1.14 bits per heavy atom. The van der Waals surface area contributed by atoms with Gasteiger partial charge in [0.1, 0.15) is 5.82 Å². The molecule has 0 radical (unpaired) electrons. The number of anilines is 1. The van der Waals surface area contributed by atoms with Crippen molar-refractivity contribution in [1.82, 2.24) is 9.55 Å². The summed E-state index contributed by atoms with van der Waals surface area (Å²) in [6, 6.07) is 18.0. The number of unbranched alkanes of at least 4 members (excludes halogenated alkanes) is 1. The monoisotopic (exact) mass is 276 g/mol. The van der Waals surface area contributed by atoms with Gasteiger partial charge in [-0.3, -0.25) is 0 Å². The number of nitrogens with two attached hydrogens (primary N) is 1. The van der Waals surface area contributed by atoms with E-state index in [1.54, 1.807) is 0 Å². The van der Waals surface area contributed by atoms with E-state index in [4.69, 9.17) is 16.0 Å². The van der Waals surface area contributed by atoms with E-state index in [1.165, 1.54) is 0 Å². The van der Waals surface area contributed by atoms with Crippen LogP contribution in [0.1, 0.15) is 12.8 Å². The van der Waals surface area contributed by atoms with Crippen LogP contribution in [0.15, 0.2) is 48.5 Å². The van der Waals surface area contributed by atoms with Crippen LogP contribution in [0.25, 0.3) is 22.4 Å². The van der Waals surface area contributed by atoms with Gasteiger partial charge in [0.2, 0.25) is 0 Å². The smallest absolute Gasteiger partial charge is 0.141 e. The molecule has 1 aromatic heterocycles. The SMILES string of the molecule is N#CCCCn1c(-c2cccc(N)c2)nc2ccccc21. The first-order valence-corrected chi connectivity index (χ1v) is 6.98. The lowest BCUT2D eigenvalue weighted by atomic mass is 10.2. The number of hydrogen-bond donors (Lipinski definition) is 1. The van der Waals surface area contributed by atoms with Crippen molar-refractivity contribution in [3.05, 3.63) is 48.5 Å². The van der Waals surface area contributed by atoms with Crippen LogP contribution in [-0.2, 0) is 6.54 Å². The predicted molar refractivity (Wildman–Crippen MR) is 84.4 cm³/mol. The Hall–Kier alpha value is -2.80. The summed E-state index contributed by atoms with van der Waals surface area (Å²) in [7, 11) is 0. The van der Waals surface area contributed by atoms with E-state index in [9.17, 15) is 0 Å². The standard InChI is InChI=1S/C17H16N4/c18-10-3-4-11-21-16-9-2-1-8-15(16)20-17(21)13-6-5-7-14(19)12-13/h1-2,5-9,12H,3-4,11,19H2. The number of nitriles is 1. The van der Waals surface area contributed by atoms with Crippen LogP contribution in [0.4, 0.5) is 5.69 Å². The minimum atomic E-state index is 0.545. The largest absolute Gasteiger partial charge is 0.399 e. The quantitative estimate of drug-likeness (QED) is 0.585. The Kier molecular flexibility index (Phi) is 3.57. The fourth-order valence-electron chi connectivity index (χ4n) is 2.52. The summed E-state index contributed by atoms with van der Waals surface area (Å²) < 4.78 is 2.17. The van der Waals surface area contributed by atoms with Crippen molar-refractivity contribution in [1.29, 1.82) is 5.26 Å². The van der Waals surface area contributed by atoms with Crippen LogP contribution in [0.2, 0.25) is 0 Å². The first kappa shape index (κ1) is 13.2. The molecule has 0 atom stereocenters. The van der Waals surface area contributed by atoms with Crippen molar-refractivity contribution in [2.75, 3.05) is 5.73 Å². The predicted octanol–water partition coefficient (Wildman–Crippen LogP) is 3.59. The van der Waals surface area contributed by atoms with Gasteiger partial charge in [0.25, 0.3) is 0 Å². The lowest BCUT2D eigenvalue weighted by Crippen LogP contribution is -2.01. The van der Waals surface area contributed by atoms with Crippen molar-refractivity contribution in [2.24, 2.45) is 0 Å². The Bertz CT molecular complexity index is 811. The zero-order valence-corrected chi connectivity index (χ0v) is 11.7. The van der Waals surface area contributed by atoms with Gasteiger partial charge in [-0.25, -0.2) is 4.98 Å². The maximum atomic E-state index is 8.74. The van der Waals surface area contributed by atoms with Crippen molar-refractivity contribution in [2.45, 2.75) is 19.4 Å². The minimum Gasteiger partial charge on any atom is -0.399 e. The molecular weight excluding hydrogens is 260 g/mol. The number of nitrogen functional groups attached to an aromatic ring is 1. The molecule has 2 N–H and O–H groups in total. The van der Waals surface area contributed by atoms with Crippen LogP contribution >= 0.6 is 0 Å². The first-order valence-electron chi connectivity index (χ1n) is 6.98. The third-order valence-electron chi connectivity index (χ3n) is 3.47. The van der Waals surface area contributed by atoms with Gasteiger partial charge in [0, 0.05) is 24.2 Å². The molecule has 0 aliphatic carbocycles. The molecule has 1 heterocycles. The molecular formula is C17H16N4. The highest BCUT2D eigenvalue weighted by Gasteiger charge is 2.12. The van der Waals surface area contributed by atoms with Crippen LogP contribution < -0.4 is 5.73 Å². The number of benzene rings is 2. The van der Waals surface area contributed by atoms with Crippen LogP contribution in [0.5, 0.6) is 0 Å². The second-order valence-corrected chi connectivity index (χ2v) is 4.96. The van der Waals surface area contributed by atoms with Gasteiger partial charge in [0.05, 0.1) is 17.1 Å². The van der Waals surface area contributed by atoms with E-state index in [0.717, 1.165) is 41.1 Å². The zero-order chi connectivity index (χ0) is 14.7. The molecule has 0 aliphatic rings. The van der Waals surface area contributed by atoms with E-state index >= 15 is 0 Å². The molecule has 0 fully saturated rings. The molecule has 0 spiro atoms. The average molecular weight is 276 g/mol. The molecule has 3 aromatic rings. The van der Waals surface area contributed by atoms with Crippen LogP contribution in [0.3, 0.4) is 0 Å². The molecule has 0 amide bonds. The number of rotatable bonds is 4. The summed E-state index contributed by atoms with van der Waals surface area (Å²) in [6.07, 6.45) is 1.36. The molecule has 21 heavy (non-hydrogen) atoms. The van der Waals surface area contributed by atoms with Gasteiger partial charge in [-0.1, -0.05) is 24.3 Å². The maximum absolute atomic E-state index is 8.74. The highest BCUT2D eigenvalue weighted by molar-refractivity contribution is 5.81. The molecule has 3 rings (SSSR count). The molecule has 0 bridgehead atoms. The third-order valence-corrected chi connectivity index (χ3v) is 3.47. The highest BCUT2D eigenvalue weighted by Crippen LogP contribution is 2.26. The topological polar surface area (TPSA) is 67.6 Å². The summed E-state index contributed by atoms with van der Waals surface area (Å²) in [5, 5.41) is 8.74. The first-order chi connectivity index (χ1) is 10.3. The Morgan fingerprint density at radius 3 is 2.81 bits per heavy atom. The Labute approximate surface area is 123 Å². The average Bonchev–Trinajstić information content (AvgIpc) is 2.87. The summed E-state index contributed by atoms with van der Waals surface area (Å²) >= 11 is 0. The molecule has 4 nitrogen and oxygen atoms in total. The van der Waals surface area contributed by atoms with Gasteiger partial charge in [-0.05, 0) is 30.7 Å². The summed E-state index contributed by atoms with van der Waals surface area (Å²) in [6.45, 7) is 0.776. The number of aromatic nitrogens is 2. The summed E-state index contributed by atoms with van der Waals surface area (Å²) in [5.41, 5.74) is 9.67. The maximum Gasteiger partial charge on any atom is 0.141 e. The molecule has 0 saturated heterocycles. The van der Waals surface area contributed by atoms with Gasteiger partial charge < -0.3 is 10.3 Å². The molecule has 4 heteroatoms. The molecule has 104 valence electrons. The molecule has 2 aromatic carbocycles. The van der Waals surface area contributed by atoms with E-state index in [2.05, 4.69) is 16.7 Å². The number of imidazole rings is 1. The van der Waals surface area contributed by atoms with Gasteiger partial charge in [-0.2, -0.15) is 5.26 Å². The van der Waals surface area contributed by atoms with E-state index in [-0.39, 0.29) is 0 Å². The lowest BCUT2D eigenvalue weighted by Gasteiger charge is -2.08. The van der Waals surface area contributed by atoms with E-state index in [1.807, 2.05) is 42.5 Å². The fourth-order valence-corrected chi connectivity index (χ4v) is 2.52. The second-order valence-electron chi connectivity index (χ2n) is 4.96. The highest BCUT2D eigenvalue weighted by atomic mass is 15.1. The lowest BCUT2D eigenvalue weighted by molar-refractivity contribution is 0.675. The number of para-hydroxylation sites is 2. The van der Waals surface area contributed by atoms with E-state index < -0.39 is 0 Å². The normalized spacial score (nSPS) is 10.6. The van der Waals surface area contributed by atoms with Crippen LogP contribution in [-0.4, -0.2) is 9.55 Å². The summed E-state index contributed by atoms with van der Waals surface area (Å²) in [5.74, 6) is 0.904. The zero-order valence-electron chi connectivity index (χ0n) is 11.7. The van der Waals surface area contributed by atoms with Gasteiger partial charge in [-0.15, -0.1) is 0 Å². The van der Waals surface area contributed by atoms with Crippen molar-refractivity contribution >= 4 is 16.7 Å². The van der Waals surface area contributed by atoms with Crippen LogP contribution in [0, 0.1) is 11.3 Å². The summed E-state index contributed by atoms with van der Waals surface area (Å²) in [4.78, 5) is 4.73. The number of aryl methyl sites for hydroxylation is 1. The number of nitrogens with zero attached hydrogens (tertiary/aromatic N) is 3. The minimum absolute atomic E-state index is 0.545. The number of hydrogen-bond acceptors (Lipinski definition) is 3. The third kappa shape index (κ3) is 2.59. The van der Waals surface area contributed by atoms with E-state index in [0.29, 0.717) is 6.42 Å². The van der Waals surface area contributed by atoms with Gasteiger partial charge >= 0.3 is 0 Å². The van der Waals surface area contributed by atoms with Crippen molar-refractivity contribution < 1.29 is 0 Å². The van der Waals surface area contributed by atoms with Crippen molar-refractivity contribution in [3.63, 3.8) is 0 Å². The Morgan fingerprint density at radius 2 is 2.00 bits per heavy atom. The van der Waals surface area contributed by atoms with Crippen molar-refractivity contribution in [3.8, 4) is 17.5 Å². The number of fused-ring (bicyclic) bond motifs is 1.